The molecule has 0 aromatic heterocycles. The van der Waals surface area contributed by atoms with Crippen molar-refractivity contribution in [2.45, 2.75) is 0 Å². The van der Waals surface area contributed by atoms with Gasteiger partial charge in [0.15, 0.2) is 11.5 Å². The van der Waals surface area contributed by atoms with Crippen LogP contribution in [0.15, 0.2) is 36.4 Å². The van der Waals surface area contributed by atoms with Gasteiger partial charge in [0.2, 0.25) is 6.79 Å². The molecule has 4 nitrogen and oxygen atoms in total. The highest BCUT2D eigenvalue weighted by Gasteiger charge is 2.11. The Morgan fingerprint density at radius 3 is 2.88 bits per heavy atom. The number of ether oxygens (including phenoxy) is 2. The molecule has 4 heteroatoms. The summed E-state index contributed by atoms with van der Waals surface area (Å²) in [6.07, 6.45) is 5.99. The molecule has 82 valence electrons. The van der Waals surface area contributed by atoms with Gasteiger partial charge in [-0.1, -0.05) is 24.3 Å². The van der Waals surface area contributed by atoms with Gasteiger partial charge in [0.1, 0.15) is 0 Å². The molecule has 1 aromatic rings. The first-order chi connectivity index (χ1) is 7.75. The Kier molecular flexibility index (Phi) is 2.91. The number of rotatable bonds is 3. The second-order valence-corrected chi connectivity index (χ2v) is 3.17. The lowest BCUT2D eigenvalue weighted by atomic mass is 10.2. The summed E-state index contributed by atoms with van der Waals surface area (Å²) in [5.74, 6) is 0.484. The number of carboxylic acid groups (broad SMARTS) is 1. The van der Waals surface area contributed by atoms with Crippen LogP contribution in [0, 0.1) is 0 Å². The first kappa shape index (κ1) is 10.3. The van der Waals surface area contributed by atoms with E-state index in [1.807, 2.05) is 18.2 Å². The summed E-state index contributed by atoms with van der Waals surface area (Å²) in [6.45, 7) is 0.251. The minimum atomic E-state index is -0.963. The van der Waals surface area contributed by atoms with E-state index in [1.54, 1.807) is 12.2 Å². The van der Waals surface area contributed by atoms with Gasteiger partial charge >= 0.3 is 5.97 Å². The molecule has 0 fully saturated rings. The van der Waals surface area contributed by atoms with Crippen molar-refractivity contribution in [2.75, 3.05) is 6.79 Å². The van der Waals surface area contributed by atoms with Gasteiger partial charge in [0.05, 0.1) is 0 Å². The van der Waals surface area contributed by atoms with Gasteiger partial charge in [0.25, 0.3) is 0 Å². The fourth-order valence-corrected chi connectivity index (χ4v) is 1.32. The third-order valence-electron chi connectivity index (χ3n) is 2.04. The van der Waals surface area contributed by atoms with Crippen LogP contribution in [0.1, 0.15) is 5.56 Å². The highest BCUT2D eigenvalue weighted by Crippen LogP contribution is 2.32. The molecule has 0 atom stereocenters. The minimum absolute atomic E-state index is 0.251. The number of allylic oxidation sites excluding steroid dienone is 2. The topological polar surface area (TPSA) is 55.8 Å². The molecule has 16 heavy (non-hydrogen) atoms. The smallest absolute Gasteiger partial charge is 0.328 e. The van der Waals surface area contributed by atoms with E-state index in [4.69, 9.17) is 14.6 Å². The molecule has 0 aliphatic carbocycles. The maximum absolute atomic E-state index is 10.2. The third kappa shape index (κ3) is 2.42. The van der Waals surface area contributed by atoms with Crippen LogP contribution in [0.4, 0.5) is 0 Å². The largest absolute Gasteiger partial charge is 0.478 e. The number of aliphatic carboxylic acids is 1. The second kappa shape index (κ2) is 4.53. The molecular formula is C12H10O4. The van der Waals surface area contributed by atoms with E-state index in [9.17, 15) is 4.79 Å². The summed E-state index contributed by atoms with van der Waals surface area (Å²) in [7, 11) is 0. The van der Waals surface area contributed by atoms with Gasteiger partial charge < -0.3 is 14.6 Å². The Labute approximate surface area is 92.4 Å². The molecule has 1 aromatic carbocycles. The molecule has 0 unspecified atom stereocenters. The summed E-state index contributed by atoms with van der Waals surface area (Å²) < 4.78 is 10.4. The maximum atomic E-state index is 10.2. The zero-order chi connectivity index (χ0) is 11.4. The Hall–Kier alpha value is -2.23. The number of hydrogen-bond donors (Lipinski definition) is 1. The van der Waals surface area contributed by atoms with Gasteiger partial charge in [-0.3, -0.25) is 0 Å². The monoisotopic (exact) mass is 218 g/mol. The SMILES string of the molecule is O=C(O)C=CC=Cc1ccc2c(c1)OCO2. The molecule has 0 amide bonds. The Balaban J connectivity index is 2.08. The van der Waals surface area contributed by atoms with E-state index in [2.05, 4.69) is 0 Å². The molecule has 1 aliphatic rings. The van der Waals surface area contributed by atoms with Crippen LogP contribution >= 0.6 is 0 Å². The standard InChI is InChI=1S/C12H10O4/c13-12(14)4-2-1-3-9-5-6-10-11(7-9)16-8-15-10/h1-7H,8H2,(H,13,14). The molecule has 0 spiro atoms. The van der Waals surface area contributed by atoms with Gasteiger partial charge in [-0.25, -0.2) is 4.79 Å². The molecule has 2 rings (SSSR count). The fourth-order valence-electron chi connectivity index (χ4n) is 1.32. The van der Waals surface area contributed by atoms with Gasteiger partial charge in [-0.15, -0.1) is 0 Å². The van der Waals surface area contributed by atoms with E-state index >= 15 is 0 Å². The predicted octanol–water partition coefficient (Wildman–Crippen LogP) is 2.07. The van der Waals surface area contributed by atoms with Crippen molar-refractivity contribution in [1.82, 2.24) is 0 Å². The summed E-state index contributed by atoms with van der Waals surface area (Å²) in [4.78, 5) is 10.2. The van der Waals surface area contributed by atoms with E-state index in [-0.39, 0.29) is 6.79 Å². The molecule has 0 saturated carbocycles. The van der Waals surface area contributed by atoms with Crippen molar-refractivity contribution < 1.29 is 19.4 Å². The molecular weight excluding hydrogens is 208 g/mol. The molecule has 0 saturated heterocycles. The van der Waals surface area contributed by atoms with Crippen molar-refractivity contribution in [3.05, 3.63) is 42.0 Å². The second-order valence-electron chi connectivity index (χ2n) is 3.17. The van der Waals surface area contributed by atoms with Crippen LogP contribution in [0.3, 0.4) is 0 Å². The lowest BCUT2D eigenvalue weighted by Gasteiger charge is -1.96. The van der Waals surface area contributed by atoms with Crippen LogP contribution in [-0.4, -0.2) is 17.9 Å². The van der Waals surface area contributed by atoms with E-state index in [0.29, 0.717) is 5.75 Å². The summed E-state index contributed by atoms with van der Waals surface area (Å²) in [5.41, 5.74) is 0.930. The average molecular weight is 218 g/mol. The first-order valence-electron chi connectivity index (χ1n) is 4.73. The number of carboxylic acids is 1. The van der Waals surface area contributed by atoms with E-state index in [1.165, 1.54) is 6.08 Å². The lowest BCUT2D eigenvalue weighted by molar-refractivity contribution is -0.131. The summed E-state index contributed by atoms with van der Waals surface area (Å²) in [5, 5.41) is 8.38. The van der Waals surface area contributed by atoms with Crippen LogP contribution in [-0.2, 0) is 4.79 Å². The normalized spacial score (nSPS) is 13.8. The van der Waals surface area contributed by atoms with Gasteiger partial charge in [-0.05, 0) is 17.7 Å². The maximum Gasteiger partial charge on any atom is 0.328 e. The minimum Gasteiger partial charge on any atom is -0.478 e. The van der Waals surface area contributed by atoms with E-state index < -0.39 is 5.97 Å². The zero-order valence-corrected chi connectivity index (χ0v) is 8.42. The fraction of sp³-hybridized carbons (Fsp3) is 0.0833. The molecule has 1 heterocycles. The Morgan fingerprint density at radius 2 is 2.06 bits per heavy atom. The molecule has 0 radical (unpaired) electrons. The highest BCUT2D eigenvalue weighted by molar-refractivity contribution is 5.80. The predicted molar refractivity (Wildman–Crippen MR) is 58.4 cm³/mol. The summed E-state index contributed by atoms with van der Waals surface area (Å²) in [6, 6.07) is 5.54. The number of carbonyl (C=O) groups is 1. The Bertz CT molecular complexity index is 460. The van der Waals surface area contributed by atoms with Gasteiger partial charge in [0, 0.05) is 6.08 Å². The molecule has 1 N–H and O–H groups in total. The Morgan fingerprint density at radius 1 is 1.25 bits per heavy atom. The van der Waals surface area contributed by atoms with Gasteiger partial charge in [-0.2, -0.15) is 0 Å². The van der Waals surface area contributed by atoms with Crippen LogP contribution in [0.5, 0.6) is 11.5 Å². The quantitative estimate of drug-likeness (QED) is 0.623. The number of hydrogen-bond acceptors (Lipinski definition) is 3. The van der Waals surface area contributed by atoms with Crippen LogP contribution in [0.2, 0.25) is 0 Å². The molecule has 1 aliphatic heterocycles. The summed E-state index contributed by atoms with van der Waals surface area (Å²) >= 11 is 0. The zero-order valence-electron chi connectivity index (χ0n) is 8.42. The van der Waals surface area contributed by atoms with Crippen LogP contribution < -0.4 is 9.47 Å². The number of benzene rings is 1. The van der Waals surface area contributed by atoms with Crippen molar-refractivity contribution in [1.29, 1.82) is 0 Å². The van der Waals surface area contributed by atoms with Crippen molar-refractivity contribution in [3.8, 4) is 11.5 Å². The lowest BCUT2D eigenvalue weighted by Crippen LogP contribution is -1.92. The average Bonchev–Trinajstić information content (AvgIpc) is 2.71. The van der Waals surface area contributed by atoms with Crippen LogP contribution in [0.25, 0.3) is 6.08 Å². The first-order valence-corrected chi connectivity index (χ1v) is 4.73. The molecule has 0 bridgehead atoms. The highest BCUT2D eigenvalue weighted by atomic mass is 16.7. The van der Waals surface area contributed by atoms with E-state index in [0.717, 1.165) is 17.4 Å². The third-order valence-corrected chi connectivity index (χ3v) is 2.04. The number of fused-ring (bicyclic) bond motifs is 1. The van der Waals surface area contributed by atoms with Crippen molar-refractivity contribution in [2.24, 2.45) is 0 Å². The van der Waals surface area contributed by atoms with Crippen molar-refractivity contribution >= 4 is 12.0 Å². The van der Waals surface area contributed by atoms with Crippen molar-refractivity contribution in [3.63, 3.8) is 0 Å².